The summed E-state index contributed by atoms with van der Waals surface area (Å²) in [6.07, 6.45) is 1.76. The second-order valence-electron chi connectivity index (χ2n) is 8.66. The molecule has 0 bridgehead atoms. The molecule has 0 aromatic rings. The van der Waals surface area contributed by atoms with Gasteiger partial charge < -0.3 is 4.12 Å². The van der Waals surface area contributed by atoms with Crippen molar-refractivity contribution in [1.29, 1.82) is 10.5 Å². The van der Waals surface area contributed by atoms with Crippen molar-refractivity contribution in [3.8, 4) is 12.1 Å². The summed E-state index contributed by atoms with van der Waals surface area (Å²) in [6.45, 7) is 16.9. The predicted octanol–water partition coefficient (Wildman–Crippen LogP) is 5.29. The van der Waals surface area contributed by atoms with Crippen molar-refractivity contribution < 1.29 is 4.12 Å². The Morgan fingerprint density at radius 2 is 1.14 bits per heavy atom. The first-order valence-corrected chi connectivity index (χ1v) is 14.0. The quantitative estimate of drug-likeness (QED) is 0.570. The number of nitriles is 2. The van der Waals surface area contributed by atoms with Gasteiger partial charge in [0.25, 0.3) is 0 Å². The van der Waals surface area contributed by atoms with Gasteiger partial charge >= 0.3 is 0 Å². The third-order valence-corrected chi connectivity index (χ3v) is 10.8. The minimum Gasteiger partial charge on any atom is -0.456 e. The van der Waals surface area contributed by atoms with E-state index >= 15 is 0 Å². The van der Waals surface area contributed by atoms with Gasteiger partial charge in [0.2, 0.25) is 0 Å². The van der Waals surface area contributed by atoms with Gasteiger partial charge in [-0.15, -0.1) is 0 Å². The highest BCUT2D eigenvalue weighted by atomic mass is 28.4. The molecule has 0 aliphatic heterocycles. The van der Waals surface area contributed by atoms with Crippen molar-refractivity contribution in [3.05, 3.63) is 0 Å². The summed E-state index contributed by atoms with van der Waals surface area (Å²) in [5.41, 5.74) is -0.580. The predicted molar refractivity (Wildman–Crippen MR) is 93.7 cm³/mol. The molecule has 0 amide bonds. The Labute approximate surface area is 133 Å². The highest BCUT2D eigenvalue weighted by molar-refractivity contribution is 6.84. The zero-order valence-electron chi connectivity index (χ0n) is 15.1. The second kappa shape index (κ2) is 7.09. The normalized spacial score (nSPS) is 13.6. The van der Waals surface area contributed by atoms with E-state index in [4.69, 9.17) is 4.12 Å². The van der Waals surface area contributed by atoms with E-state index in [0.717, 1.165) is 24.9 Å². The van der Waals surface area contributed by atoms with Crippen LogP contribution in [0.25, 0.3) is 0 Å². The molecule has 0 rings (SSSR count). The highest BCUT2D eigenvalue weighted by Gasteiger charge is 2.37. The first kappa shape index (κ1) is 20.4. The van der Waals surface area contributed by atoms with Crippen molar-refractivity contribution in [2.24, 2.45) is 10.8 Å². The summed E-state index contributed by atoms with van der Waals surface area (Å²) < 4.78 is 6.56. The van der Waals surface area contributed by atoms with Crippen LogP contribution in [-0.4, -0.2) is 16.6 Å². The molecule has 0 atom stereocenters. The summed E-state index contributed by atoms with van der Waals surface area (Å²) in [7, 11) is -3.49. The topological polar surface area (TPSA) is 56.8 Å². The van der Waals surface area contributed by atoms with Crippen LogP contribution in [0.3, 0.4) is 0 Å². The van der Waals surface area contributed by atoms with Gasteiger partial charge in [0.15, 0.2) is 16.6 Å². The molecule has 0 saturated heterocycles. The molecule has 0 aliphatic carbocycles. The molecule has 0 aromatic heterocycles. The molecule has 0 saturated carbocycles. The van der Waals surface area contributed by atoms with Crippen LogP contribution in [0.4, 0.5) is 0 Å². The Morgan fingerprint density at radius 1 is 0.810 bits per heavy atom. The van der Waals surface area contributed by atoms with E-state index in [1.54, 1.807) is 0 Å². The Morgan fingerprint density at radius 3 is 1.38 bits per heavy atom. The minimum atomic E-state index is -1.88. The third-order valence-electron chi connectivity index (χ3n) is 3.72. The summed E-state index contributed by atoms with van der Waals surface area (Å²) in [4.78, 5) is 0. The van der Waals surface area contributed by atoms with Gasteiger partial charge in [-0.3, -0.25) is 0 Å². The number of nitrogens with zero attached hydrogens (tertiary/aromatic N) is 2. The molecule has 5 heteroatoms. The zero-order chi connectivity index (χ0) is 16.9. The average Bonchev–Trinajstić information content (AvgIpc) is 2.33. The van der Waals surface area contributed by atoms with Crippen LogP contribution >= 0.6 is 0 Å². The summed E-state index contributed by atoms with van der Waals surface area (Å²) in [5.74, 6) is 0. The van der Waals surface area contributed by atoms with E-state index in [-0.39, 0.29) is 10.8 Å². The second-order valence-corrected chi connectivity index (χ2v) is 17.6. The Balaban J connectivity index is 4.96. The molecule has 21 heavy (non-hydrogen) atoms. The smallest absolute Gasteiger partial charge is 0.176 e. The molecule has 0 heterocycles. The van der Waals surface area contributed by atoms with E-state index in [2.05, 4.69) is 38.3 Å². The van der Waals surface area contributed by atoms with Gasteiger partial charge in [0.05, 0.1) is 23.0 Å². The van der Waals surface area contributed by atoms with Gasteiger partial charge in [0.1, 0.15) is 0 Å². The van der Waals surface area contributed by atoms with Crippen LogP contribution in [0.5, 0.6) is 0 Å². The number of hydrogen-bond acceptors (Lipinski definition) is 3. The fourth-order valence-corrected chi connectivity index (χ4v) is 11.5. The van der Waals surface area contributed by atoms with E-state index in [1.807, 2.05) is 27.7 Å². The summed E-state index contributed by atoms with van der Waals surface area (Å²) in [5, 5.41) is 18.4. The lowest BCUT2D eigenvalue weighted by Gasteiger charge is -2.37. The highest BCUT2D eigenvalue weighted by Crippen LogP contribution is 2.34. The lowest BCUT2D eigenvalue weighted by Crippen LogP contribution is -2.45. The Bertz CT molecular complexity index is 395. The van der Waals surface area contributed by atoms with Gasteiger partial charge in [-0.2, -0.15) is 10.5 Å². The van der Waals surface area contributed by atoms with Crippen molar-refractivity contribution >= 4 is 16.6 Å². The molecule has 0 unspecified atom stereocenters. The number of rotatable bonds is 8. The van der Waals surface area contributed by atoms with Crippen molar-refractivity contribution in [2.75, 3.05) is 0 Å². The van der Waals surface area contributed by atoms with Crippen LogP contribution in [0.1, 0.15) is 40.5 Å². The average molecular weight is 325 g/mol. The largest absolute Gasteiger partial charge is 0.456 e. The van der Waals surface area contributed by atoms with Gasteiger partial charge in [-0.25, -0.2) is 0 Å². The SMILES string of the molecule is CC(C)(C#N)CC[Si](C)(CCC(C)(C)C#N)O[Si](C)(C)C. The Kier molecular flexibility index (Phi) is 6.88. The third kappa shape index (κ3) is 9.08. The van der Waals surface area contributed by atoms with Crippen LogP contribution in [-0.2, 0) is 4.12 Å². The van der Waals surface area contributed by atoms with Crippen molar-refractivity contribution in [2.45, 2.75) is 78.8 Å². The maximum Gasteiger partial charge on any atom is 0.176 e. The molecule has 120 valence electrons. The van der Waals surface area contributed by atoms with Gasteiger partial charge in [-0.1, -0.05) is 0 Å². The fourth-order valence-electron chi connectivity index (χ4n) is 2.23. The van der Waals surface area contributed by atoms with E-state index in [9.17, 15) is 10.5 Å². The molecular formula is C16H32N2OSi2. The lowest BCUT2D eigenvalue weighted by atomic mass is 9.92. The first-order valence-electron chi connectivity index (χ1n) is 7.77. The van der Waals surface area contributed by atoms with Crippen LogP contribution in [0, 0.1) is 33.5 Å². The fraction of sp³-hybridized carbons (Fsp3) is 0.875. The number of hydrogen-bond donors (Lipinski definition) is 0. The zero-order valence-corrected chi connectivity index (χ0v) is 17.1. The van der Waals surface area contributed by atoms with E-state index in [0.29, 0.717) is 0 Å². The van der Waals surface area contributed by atoms with E-state index in [1.165, 1.54) is 0 Å². The molecule has 0 fully saturated rings. The molecule has 0 aliphatic rings. The Hall–Kier alpha value is -0.626. The van der Waals surface area contributed by atoms with Crippen LogP contribution in [0.2, 0.25) is 38.3 Å². The van der Waals surface area contributed by atoms with E-state index < -0.39 is 16.6 Å². The molecule has 0 radical (unpaired) electrons. The summed E-state index contributed by atoms with van der Waals surface area (Å²) >= 11 is 0. The molecule has 0 N–H and O–H groups in total. The molecule has 0 aromatic carbocycles. The van der Waals surface area contributed by atoms with Crippen LogP contribution < -0.4 is 0 Å². The maximum absolute atomic E-state index is 9.21. The van der Waals surface area contributed by atoms with Crippen LogP contribution in [0.15, 0.2) is 0 Å². The molecular weight excluding hydrogens is 292 g/mol. The van der Waals surface area contributed by atoms with Gasteiger partial charge in [-0.05, 0) is 78.8 Å². The molecule has 3 nitrogen and oxygen atoms in total. The molecule has 0 spiro atoms. The summed E-state index contributed by atoms with van der Waals surface area (Å²) in [6, 6.07) is 6.77. The first-order chi connectivity index (χ1) is 9.24. The van der Waals surface area contributed by atoms with Crippen molar-refractivity contribution in [1.82, 2.24) is 0 Å². The standard InChI is InChI=1S/C16H32N2OSi2/c1-15(2,13-17)9-11-21(8,19-20(5,6)7)12-10-16(3,4)14-18/h9-12H2,1-8H3. The lowest BCUT2D eigenvalue weighted by molar-refractivity contribution is 0.431. The van der Waals surface area contributed by atoms with Gasteiger partial charge in [0, 0.05) is 0 Å². The maximum atomic E-state index is 9.21. The van der Waals surface area contributed by atoms with Crippen molar-refractivity contribution in [3.63, 3.8) is 0 Å². The minimum absolute atomic E-state index is 0.290. The monoisotopic (exact) mass is 324 g/mol.